The molecule has 5 aromatic rings. The summed E-state index contributed by atoms with van der Waals surface area (Å²) >= 11 is 0.521. The Hall–Kier alpha value is -4.76. The summed E-state index contributed by atoms with van der Waals surface area (Å²) in [5.74, 6) is -0.525. The van der Waals surface area contributed by atoms with Crippen LogP contribution in [-0.4, -0.2) is 27.2 Å². The minimum atomic E-state index is -2.47. The molecule has 9 heteroatoms. The number of nitrogens with one attached hydrogen (secondary N) is 1. The van der Waals surface area contributed by atoms with Crippen molar-refractivity contribution in [2.24, 2.45) is 9.98 Å². The van der Waals surface area contributed by atoms with E-state index in [0.717, 1.165) is 45.4 Å². The van der Waals surface area contributed by atoms with Crippen molar-refractivity contribution in [1.82, 2.24) is 9.78 Å². The third kappa shape index (κ3) is 4.58. The normalized spacial score (nSPS) is 15.5. The lowest BCUT2D eigenvalue weighted by molar-refractivity contribution is 0.252. The molecule has 2 aliphatic rings. The van der Waals surface area contributed by atoms with Gasteiger partial charge in [-0.2, -0.15) is 13.9 Å². The van der Waals surface area contributed by atoms with Crippen LogP contribution in [-0.2, 0) is 0 Å². The average Bonchev–Trinajstić information content (AvgIpc) is 3.33. The molecule has 2 aliphatic heterocycles. The molecule has 1 aromatic heterocycles. The number of hydrogen-bond acceptors (Lipinski definition) is 6. The van der Waals surface area contributed by atoms with E-state index in [9.17, 15) is 8.78 Å². The molecule has 0 amide bonds. The van der Waals surface area contributed by atoms with Gasteiger partial charge in [0.1, 0.15) is 0 Å². The molecule has 7 rings (SSSR count). The second-order valence-corrected chi connectivity index (χ2v) is 10.7. The molecular formula is C32H24F2N6S. The van der Waals surface area contributed by atoms with E-state index in [1.165, 1.54) is 0 Å². The molecule has 1 N–H and O–H groups in total. The number of rotatable bonds is 5. The van der Waals surface area contributed by atoms with Gasteiger partial charge in [-0.05, 0) is 61.0 Å². The second-order valence-electron chi connectivity index (χ2n) is 9.67. The summed E-state index contributed by atoms with van der Waals surface area (Å²) in [6, 6.07) is 35.0. The van der Waals surface area contributed by atoms with Crippen LogP contribution in [0.15, 0.2) is 124 Å². The van der Waals surface area contributed by atoms with E-state index < -0.39 is 5.76 Å². The lowest BCUT2D eigenvalue weighted by Crippen LogP contribution is -2.46. The molecule has 0 saturated heterocycles. The van der Waals surface area contributed by atoms with Crippen LogP contribution in [0.1, 0.15) is 22.9 Å². The summed E-state index contributed by atoms with van der Waals surface area (Å²) < 4.78 is 27.6. The lowest BCUT2D eigenvalue weighted by Gasteiger charge is -2.40. The average molecular weight is 563 g/mol. The molecule has 0 fully saturated rings. The maximum absolute atomic E-state index is 12.9. The minimum Gasteiger partial charge on any atom is -0.337 e. The van der Waals surface area contributed by atoms with Crippen molar-refractivity contribution < 1.29 is 8.78 Å². The third-order valence-corrected chi connectivity index (χ3v) is 7.82. The van der Waals surface area contributed by atoms with Crippen LogP contribution in [0.25, 0.3) is 5.69 Å². The van der Waals surface area contributed by atoms with E-state index in [1.807, 2.05) is 78.3 Å². The minimum absolute atomic E-state index is 0.213. The summed E-state index contributed by atoms with van der Waals surface area (Å²) in [7, 11) is 0. The van der Waals surface area contributed by atoms with Gasteiger partial charge in [-0.3, -0.25) is 0 Å². The van der Waals surface area contributed by atoms with Crippen LogP contribution in [0.5, 0.6) is 0 Å². The Balaban J connectivity index is 1.42. The van der Waals surface area contributed by atoms with Gasteiger partial charge in [-0.1, -0.05) is 72.4 Å². The summed E-state index contributed by atoms with van der Waals surface area (Å²) in [5, 5.41) is 8.37. The van der Waals surface area contributed by atoms with E-state index in [4.69, 9.17) is 15.1 Å². The fourth-order valence-corrected chi connectivity index (χ4v) is 5.85. The molecule has 0 radical (unpaired) electrons. The van der Waals surface area contributed by atoms with Gasteiger partial charge in [0.25, 0.3) is 5.76 Å². The van der Waals surface area contributed by atoms with E-state index in [1.54, 1.807) is 24.3 Å². The first-order valence-electron chi connectivity index (χ1n) is 13.1. The second kappa shape index (κ2) is 10.3. The number of amidine groups is 2. The van der Waals surface area contributed by atoms with E-state index in [2.05, 4.69) is 28.4 Å². The number of fused-ring (bicyclic) bond motifs is 4. The molecule has 1 atom stereocenters. The van der Waals surface area contributed by atoms with Crippen LogP contribution in [0.4, 0.5) is 31.7 Å². The maximum Gasteiger partial charge on any atom is 0.288 e. The number of hydrogen-bond donors (Lipinski definition) is 1. The zero-order valence-corrected chi connectivity index (χ0v) is 22.8. The van der Waals surface area contributed by atoms with Crippen molar-refractivity contribution >= 4 is 46.3 Å². The fraction of sp³-hybridized carbons (Fsp3) is 0.0938. The molecule has 202 valence electrons. The molecule has 6 nitrogen and oxygen atoms in total. The number of aryl methyl sites for hydroxylation is 1. The first-order chi connectivity index (χ1) is 20.1. The number of para-hydroxylation sites is 3. The molecule has 3 heterocycles. The van der Waals surface area contributed by atoms with Crippen LogP contribution in [0.3, 0.4) is 0 Å². The van der Waals surface area contributed by atoms with Crippen LogP contribution in [0.2, 0.25) is 0 Å². The van der Waals surface area contributed by atoms with Gasteiger partial charge < -0.3 is 10.2 Å². The molecule has 0 spiro atoms. The van der Waals surface area contributed by atoms with Gasteiger partial charge in [0, 0.05) is 16.1 Å². The van der Waals surface area contributed by atoms with Gasteiger partial charge in [0.05, 0.1) is 28.8 Å². The molecule has 0 saturated carbocycles. The largest absolute Gasteiger partial charge is 0.337 e. The summed E-state index contributed by atoms with van der Waals surface area (Å²) in [4.78, 5) is 12.9. The Morgan fingerprint density at radius 1 is 0.805 bits per heavy atom. The Labute approximate surface area is 240 Å². The summed E-state index contributed by atoms with van der Waals surface area (Å²) in [6.07, 6.45) is 0. The van der Waals surface area contributed by atoms with Crippen molar-refractivity contribution in [2.45, 2.75) is 23.6 Å². The third-order valence-electron chi connectivity index (χ3n) is 7.10. The van der Waals surface area contributed by atoms with E-state index >= 15 is 0 Å². The van der Waals surface area contributed by atoms with Crippen LogP contribution < -0.4 is 10.2 Å². The number of alkyl halides is 2. The number of thioether (sulfide) groups is 1. The predicted molar refractivity (Wildman–Crippen MR) is 162 cm³/mol. The van der Waals surface area contributed by atoms with Gasteiger partial charge in [-0.15, -0.1) is 0 Å². The van der Waals surface area contributed by atoms with Gasteiger partial charge in [-0.25, -0.2) is 14.7 Å². The molecule has 41 heavy (non-hydrogen) atoms. The fourth-order valence-electron chi connectivity index (χ4n) is 5.35. The van der Waals surface area contributed by atoms with Crippen molar-refractivity contribution in [3.8, 4) is 5.69 Å². The Morgan fingerprint density at radius 2 is 1.49 bits per heavy atom. The highest BCUT2D eigenvalue weighted by Crippen LogP contribution is 2.48. The number of halogens is 2. The first-order valence-corrected chi connectivity index (χ1v) is 14.0. The number of benzene rings is 4. The Morgan fingerprint density at radius 3 is 2.22 bits per heavy atom. The zero-order valence-electron chi connectivity index (χ0n) is 21.9. The first kappa shape index (κ1) is 25.2. The van der Waals surface area contributed by atoms with Crippen LogP contribution in [0, 0.1) is 6.92 Å². The Kier molecular flexibility index (Phi) is 6.36. The molecule has 0 bridgehead atoms. The molecular weight excluding hydrogens is 538 g/mol. The number of aliphatic imine (C=N–C) groups is 2. The van der Waals surface area contributed by atoms with Crippen molar-refractivity contribution in [2.75, 3.05) is 10.2 Å². The van der Waals surface area contributed by atoms with Gasteiger partial charge in [0.15, 0.2) is 17.5 Å². The molecule has 4 aromatic carbocycles. The molecule has 0 aliphatic carbocycles. The number of anilines is 2. The van der Waals surface area contributed by atoms with Crippen molar-refractivity contribution in [3.63, 3.8) is 0 Å². The van der Waals surface area contributed by atoms with Gasteiger partial charge in [0.2, 0.25) is 0 Å². The number of nitrogens with zero attached hydrogens (tertiary/aromatic N) is 5. The zero-order chi connectivity index (χ0) is 27.9. The number of aromatic nitrogens is 2. The summed E-state index contributed by atoms with van der Waals surface area (Å²) in [5.41, 5.74) is 6.38. The van der Waals surface area contributed by atoms with Crippen molar-refractivity contribution in [3.05, 3.63) is 126 Å². The lowest BCUT2D eigenvalue weighted by atomic mass is 9.93. The quantitative estimate of drug-likeness (QED) is 0.219. The topological polar surface area (TPSA) is 57.8 Å². The maximum atomic E-state index is 12.9. The highest BCUT2D eigenvalue weighted by Gasteiger charge is 2.41. The van der Waals surface area contributed by atoms with E-state index in [-0.39, 0.29) is 6.04 Å². The van der Waals surface area contributed by atoms with E-state index in [0.29, 0.717) is 28.3 Å². The van der Waals surface area contributed by atoms with Gasteiger partial charge >= 0.3 is 0 Å². The smallest absolute Gasteiger partial charge is 0.288 e. The SMILES string of the molecule is Cc1nn(-c2ccccc2)c2c1C(c1ccccc1)N1C(=N2)C(Nc2ccc(SC(F)F)cc2)=Nc2ccccc21. The highest BCUT2D eigenvalue weighted by molar-refractivity contribution is 7.99. The van der Waals surface area contributed by atoms with Crippen molar-refractivity contribution in [1.29, 1.82) is 0 Å². The monoisotopic (exact) mass is 562 g/mol. The highest BCUT2D eigenvalue weighted by atomic mass is 32.2. The predicted octanol–water partition coefficient (Wildman–Crippen LogP) is 8.29. The Bertz CT molecular complexity index is 1780. The van der Waals surface area contributed by atoms with Crippen LogP contribution >= 0.6 is 11.8 Å². The molecule has 1 unspecified atom stereocenters. The summed E-state index contributed by atoms with van der Waals surface area (Å²) in [6.45, 7) is 2.02. The standard InChI is InChI=1S/C32H24F2N6S/c1-20-27-28(21-10-4-2-5-11-21)39-26-15-9-8-14-25(26)36-29(35-22-16-18-24(19-17-22)41-32(33)34)31(39)37-30(27)40(38-20)23-12-6-3-7-13-23/h2-19,28,32H,1H3,(H,35,36).